The molecule has 2 heteroatoms. The molecule has 84 valence electrons. The van der Waals surface area contributed by atoms with Crippen LogP contribution in [0.5, 0.6) is 0 Å². The first-order chi connectivity index (χ1) is 7.17. The van der Waals surface area contributed by atoms with Gasteiger partial charge >= 0.3 is 0 Å². The topological polar surface area (TPSA) is 24.9 Å². The molecule has 0 saturated heterocycles. The highest BCUT2D eigenvalue weighted by Crippen LogP contribution is 2.22. The van der Waals surface area contributed by atoms with Gasteiger partial charge in [0.05, 0.1) is 0 Å². The highest BCUT2D eigenvalue weighted by Gasteiger charge is 2.12. The zero-order chi connectivity index (χ0) is 11.3. The maximum atomic E-state index is 4.23. The van der Waals surface area contributed by atoms with Gasteiger partial charge in [0.25, 0.3) is 0 Å². The molecule has 0 fully saturated rings. The number of rotatable bonds is 5. The molecule has 0 amide bonds. The minimum atomic E-state index is 0.460. The van der Waals surface area contributed by atoms with Crippen LogP contribution in [0.25, 0.3) is 0 Å². The van der Waals surface area contributed by atoms with Crippen molar-refractivity contribution < 1.29 is 0 Å². The zero-order valence-corrected chi connectivity index (χ0v) is 10.2. The van der Waals surface area contributed by atoms with E-state index in [2.05, 4.69) is 36.3 Å². The summed E-state index contributed by atoms with van der Waals surface area (Å²) in [6.45, 7) is 6.59. The van der Waals surface area contributed by atoms with Gasteiger partial charge < -0.3 is 5.32 Å². The van der Waals surface area contributed by atoms with Gasteiger partial charge in [0.1, 0.15) is 0 Å². The molecule has 1 rings (SSSR count). The van der Waals surface area contributed by atoms with E-state index in [0.717, 1.165) is 11.6 Å². The van der Waals surface area contributed by atoms with Crippen LogP contribution in [-0.4, -0.2) is 12.0 Å². The summed E-state index contributed by atoms with van der Waals surface area (Å²) in [4.78, 5) is 4.23. The van der Waals surface area contributed by atoms with Crippen LogP contribution >= 0.6 is 0 Å². The van der Waals surface area contributed by atoms with Crippen molar-refractivity contribution in [2.75, 3.05) is 7.05 Å². The largest absolute Gasteiger partial charge is 0.313 e. The third kappa shape index (κ3) is 3.63. The molecule has 2 atom stereocenters. The monoisotopic (exact) mass is 206 g/mol. The van der Waals surface area contributed by atoms with Crippen molar-refractivity contribution in [1.82, 2.24) is 10.3 Å². The summed E-state index contributed by atoms with van der Waals surface area (Å²) in [5.74, 6) is 0.760. The molecule has 1 aromatic heterocycles. The summed E-state index contributed by atoms with van der Waals surface area (Å²) in [6.07, 6.45) is 4.32. The van der Waals surface area contributed by atoms with E-state index in [0.29, 0.717) is 6.04 Å². The second-order valence-electron chi connectivity index (χ2n) is 4.32. The molecule has 0 radical (unpaired) electrons. The Labute approximate surface area is 93.1 Å². The molecular weight excluding hydrogens is 184 g/mol. The fraction of sp³-hybridized carbons (Fsp3) is 0.615. The predicted octanol–water partition coefficient (Wildman–Crippen LogP) is 3.09. The van der Waals surface area contributed by atoms with E-state index in [1.807, 2.05) is 20.2 Å². The van der Waals surface area contributed by atoms with Crippen LogP contribution in [0.3, 0.4) is 0 Å². The summed E-state index contributed by atoms with van der Waals surface area (Å²) in [5, 5.41) is 3.38. The number of nitrogens with zero attached hydrogens (tertiary/aromatic N) is 1. The lowest BCUT2D eigenvalue weighted by atomic mass is 9.94. The van der Waals surface area contributed by atoms with E-state index in [-0.39, 0.29) is 0 Å². The van der Waals surface area contributed by atoms with Crippen LogP contribution in [0.15, 0.2) is 18.3 Å². The number of hydrogen-bond acceptors (Lipinski definition) is 2. The van der Waals surface area contributed by atoms with E-state index in [4.69, 9.17) is 0 Å². The molecule has 0 aliphatic heterocycles. The summed E-state index contributed by atoms with van der Waals surface area (Å²) in [6, 6.07) is 4.74. The normalized spacial score (nSPS) is 14.9. The van der Waals surface area contributed by atoms with Crippen LogP contribution in [0.2, 0.25) is 0 Å². The van der Waals surface area contributed by atoms with Gasteiger partial charge in [-0.3, -0.25) is 4.98 Å². The second kappa shape index (κ2) is 5.86. The molecule has 0 spiro atoms. The molecule has 0 bridgehead atoms. The molecule has 0 saturated carbocycles. The average molecular weight is 206 g/mol. The van der Waals surface area contributed by atoms with Crippen molar-refractivity contribution in [2.24, 2.45) is 5.92 Å². The summed E-state index contributed by atoms with van der Waals surface area (Å²) in [7, 11) is 2.03. The Kier molecular flexibility index (Phi) is 4.76. The maximum Gasteiger partial charge on any atom is 0.0375 e. The van der Waals surface area contributed by atoms with Gasteiger partial charge in [-0.05, 0) is 44.0 Å². The first-order valence-electron chi connectivity index (χ1n) is 5.77. The molecule has 1 aromatic rings. The Morgan fingerprint density at radius 1 is 1.47 bits per heavy atom. The van der Waals surface area contributed by atoms with Gasteiger partial charge in [-0.1, -0.05) is 20.3 Å². The summed E-state index contributed by atoms with van der Waals surface area (Å²) < 4.78 is 0. The lowest BCUT2D eigenvalue weighted by molar-refractivity contribution is 0.421. The smallest absolute Gasteiger partial charge is 0.0375 e. The lowest BCUT2D eigenvalue weighted by Gasteiger charge is -2.20. The van der Waals surface area contributed by atoms with Crippen LogP contribution in [0, 0.1) is 12.8 Å². The molecule has 2 nitrogen and oxygen atoms in total. The Bertz CT molecular complexity index is 296. The Balaban J connectivity index is 2.73. The molecule has 1 heterocycles. The average Bonchev–Trinajstić information content (AvgIpc) is 2.25. The van der Waals surface area contributed by atoms with E-state index < -0.39 is 0 Å². The molecular formula is C13H22N2. The molecule has 2 unspecified atom stereocenters. The minimum absolute atomic E-state index is 0.460. The van der Waals surface area contributed by atoms with Gasteiger partial charge in [0, 0.05) is 17.9 Å². The van der Waals surface area contributed by atoms with Gasteiger partial charge in [-0.25, -0.2) is 0 Å². The van der Waals surface area contributed by atoms with Gasteiger partial charge in [0.15, 0.2) is 0 Å². The van der Waals surface area contributed by atoms with Gasteiger partial charge in [-0.15, -0.1) is 0 Å². The third-order valence-electron chi connectivity index (χ3n) is 3.01. The number of aryl methyl sites for hydroxylation is 1. The van der Waals surface area contributed by atoms with Gasteiger partial charge in [0.2, 0.25) is 0 Å². The number of aromatic nitrogens is 1. The fourth-order valence-electron chi connectivity index (χ4n) is 1.77. The van der Waals surface area contributed by atoms with Crippen molar-refractivity contribution in [3.63, 3.8) is 0 Å². The first kappa shape index (κ1) is 12.2. The molecule has 0 aliphatic carbocycles. The summed E-state index contributed by atoms with van der Waals surface area (Å²) in [5.41, 5.74) is 2.45. The Morgan fingerprint density at radius 2 is 2.20 bits per heavy atom. The molecule has 15 heavy (non-hydrogen) atoms. The van der Waals surface area contributed by atoms with Crippen LogP contribution < -0.4 is 5.32 Å². The van der Waals surface area contributed by atoms with E-state index >= 15 is 0 Å². The van der Waals surface area contributed by atoms with E-state index in [1.165, 1.54) is 18.4 Å². The molecule has 1 N–H and O–H groups in total. The van der Waals surface area contributed by atoms with Gasteiger partial charge in [-0.2, -0.15) is 0 Å². The summed E-state index contributed by atoms with van der Waals surface area (Å²) >= 11 is 0. The van der Waals surface area contributed by atoms with E-state index in [1.54, 1.807) is 0 Å². The lowest BCUT2D eigenvalue weighted by Crippen LogP contribution is -2.19. The number of pyridine rings is 1. The second-order valence-corrected chi connectivity index (χ2v) is 4.32. The quantitative estimate of drug-likeness (QED) is 0.800. The van der Waals surface area contributed by atoms with Crippen molar-refractivity contribution >= 4 is 0 Å². The molecule has 0 aromatic carbocycles. The predicted molar refractivity (Wildman–Crippen MR) is 64.8 cm³/mol. The first-order valence-corrected chi connectivity index (χ1v) is 5.77. The highest BCUT2D eigenvalue weighted by molar-refractivity contribution is 5.19. The third-order valence-corrected chi connectivity index (χ3v) is 3.01. The van der Waals surface area contributed by atoms with Crippen molar-refractivity contribution in [2.45, 2.75) is 39.7 Å². The number of nitrogens with one attached hydrogen (secondary N) is 1. The van der Waals surface area contributed by atoms with Crippen molar-refractivity contribution in [3.05, 3.63) is 29.6 Å². The standard InChI is InChI=1S/C13H22N2/c1-5-10(2)8-13(14-4)12-6-7-15-11(3)9-12/h6-7,9-10,13-14H,5,8H2,1-4H3. The van der Waals surface area contributed by atoms with Crippen LogP contribution in [0.4, 0.5) is 0 Å². The van der Waals surface area contributed by atoms with E-state index in [9.17, 15) is 0 Å². The molecule has 0 aliphatic rings. The highest BCUT2D eigenvalue weighted by atomic mass is 14.9. The fourth-order valence-corrected chi connectivity index (χ4v) is 1.77. The number of hydrogen-bond donors (Lipinski definition) is 1. The van der Waals surface area contributed by atoms with Crippen molar-refractivity contribution in [3.8, 4) is 0 Å². The van der Waals surface area contributed by atoms with Crippen LogP contribution in [0.1, 0.15) is 44.0 Å². The zero-order valence-electron chi connectivity index (χ0n) is 10.2. The Hall–Kier alpha value is -0.890. The maximum absolute atomic E-state index is 4.23. The van der Waals surface area contributed by atoms with Crippen molar-refractivity contribution in [1.29, 1.82) is 0 Å². The SMILES string of the molecule is CCC(C)CC(NC)c1ccnc(C)c1. The Morgan fingerprint density at radius 3 is 2.73 bits per heavy atom. The van der Waals surface area contributed by atoms with Crippen LogP contribution in [-0.2, 0) is 0 Å². The minimum Gasteiger partial charge on any atom is -0.313 e.